The average Bonchev–Trinajstić information content (AvgIpc) is 2.15. The van der Waals surface area contributed by atoms with Gasteiger partial charge in [-0.2, -0.15) is 0 Å². The van der Waals surface area contributed by atoms with E-state index in [4.69, 9.17) is 15.4 Å². The van der Waals surface area contributed by atoms with E-state index in [1.165, 1.54) is 24.3 Å². The molecule has 4 nitrogen and oxygen atoms in total. The maximum Gasteiger partial charge on any atom is 0.343 e. The first-order valence-corrected chi connectivity index (χ1v) is 7.15. The van der Waals surface area contributed by atoms with Crippen LogP contribution in [0.2, 0.25) is 0 Å². The second-order valence-corrected chi connectivity index (χ2v) is 6.25. The average molecular weight is 275 g/mol. The van der Waals surface area contributed by atoms with E-state index in [2.05, 4.69) is 6.58 Å². The Morgan fingerprint density at radius 2 is 1.88 bits per heavy atom. The molecule has 6 heteroatoms. The third-order valence-corrected chi connectivity index (χ3v) is 2.80. The molecule has 1 aromatic carbocycles. The predicted molar refractivity (Wildman–Crippen MR) is 65.1 cm³/mol. The van der Waals surface area contributed by atoms with Gasteiger partial charge in [-0.1, -0.05) is 18.7 Å². The number of carbonyl (C=O) groups excluding carboxylic acids is 1. The van der Waals surface area contributed by atoms with Crippen LogP contribution in [0.4, 0.5) is 0 Å². The van der Waals surface area contributed by atoms with Gasteiger partial charge in [0, 0.05) is 10.7 Å². The summed E-state index contributed by atoms with van der Waals surface area (Å²) in [5.41, 5.74) is 0.829. The monoisotopic (exact) mass is 274 g/mol. The van der Waals surface area contributed by atoms with E-state index >= 15 is 0 Å². The molecule has 0 aliphatic heterocycles. The molecular formula is C11H11ClO4S. The second kappa shape index (κ2) is 5.33. The number of esters is 1. The number of rotatable bonds is 4. The second-order valence-electron chi connectivity index (χ2n) is 3.47. The maximum atomic E-state index is 11.4. The summed E-state index contributed by atoms with van der Waals surface area (Å²) < 4.78 is 26.5. The van der Waals surface area contributed by atoms with Gasteiger partial charge in [0.1, 0.15) is 0 Å². The molecule has 0 spiro atoms. The molecule has 1 aromatic rings. The van der Waals surface area contributed by atoms with Crippen LogP contribution in [0, 0.1) is 0 Å². The van der Waals surface area contributed by atoms with Crippen molar-refractivity contribution in [3.05, 3.63) is 47.7 Å². The molecule has 92 valence electrons. The minimum Gasteiger partial charge on any atom is -0.428 e. The van der Waals surface area contributed by atoms with E-state index < -0.39 is 15.0 Å². The molecule has 17 heavy (non-hydrogen) atoms. The largest absolute Gasteiger partial charge is 0.428 e. The minimum absolute atomic E-state index is 0.273. The van der Waals surface area contributed by atoms with Gasteiger partial charge >= 0.3 is 5.97 Å². The molecule has 0 atom stereocenters. The maximum absolute atomic E-state index is 11.4. The van der Waals surface area contributed by atoms with Crippen molar-refractivity contribution in [3.8, 4) is 0 Å². The fourth-order valence-corrected chi connectivity index (χ4v) is 2.12. The molecule has 0 aliphatic carbocycles. The van der Waals surface area contributed by atoms with Gasteiger partial charge in [-0.3, -0.25) is 0 Å². The quantitative estimate of drug-likeness (QED) is 0.481. The van der Waals surface area contributed by atoms with Gasteiger partial charge in [-0.05, 0) is 24.6 Å². The third kappa shape index (κ3) is 5.01. The Kier molecular flexibility index (Phi) is 4.31. The highest BCUT2D eigenvalue weighted by Crippen LogP contribution is 2.12. The van der Waals surface area contributed by atoms with Crippen LogP contribution in [0.25, 0.3) is 0 Å². The molecule has 0 bridgehead atoms. The Bertz CT molecular complexity index is 531. The van der Waals surface area contributed by atoms with Crippen LogP contribution in [0.15, 0.2) is 36.6 Å². The van der Waals surface area contributed by atoms with Crippen LogP contribution in [0.1, 0.15) is 22.8 Å². The molecule has 0 heterocycles. The molecule has 0 saturated heterocycles. The van der Waals surface area contributed by atoms with Crippen molar-refractivity contribution < 1.29 is 17.9 Å². The summed E-state index contributed by atoms with van der Waals surface area (Å²) >= 11 is 0. The Morgan fingerprint density at radius 3 is 2.29 bits per heavy atom. The number of ether oxygens (including phenoxy) is 1. The van der Waals surface area contributed by atoms with Crippen molar-refractivity contribution in [3.63, 3.8) is 0 Å². The Labute approximate surface area is 104 Å². The number of hydrogen-bond acceptors (Lipinski definition) is 4. The lowest BCUT2D eigenvalue weighted by Gasteiger charge is -2.03. The summed E-state index contributed by atoms with van der Waals surface area (Å²) in [5.74, 6) is -0.509. The molecule has 1 rings (SSSR count). The van der Waals surface area contributed by atoms with Crippen LogP contribution < -0.4 is 0 Å². The number of benzene rings is 1. The highest BCUT2D eigenvalue weighted by Gasteiger charge is 2.10. The summed E-state index contributed by atoms with van der Waals surface area (Å²) in [7, 11) is 1.52. The number of halogens is 1. The fraction of sp³-hybridized carbons (Fsp3) is 0.182. The van der Waals surface area contributed by atoms with E-state index in [-0.39, 0.29) is 5.75 Å². The highest BCUT2D eigenvalue weighted by molar-refractivity contribution is 8.13. The highest BCUT2D eigenvalue weighted by atomic mass is 35.7. The van der Waals surface area contributed by atoms with Gasteiger partial charge in [-0.15, -0.1) is 0 Å². The van der Waals surface area contributed by atoms with Crippen LogP contribution in [-0.2, 0) is 19.5 Å². The van der Waals surface area contributed by atoms with Gasteiger partial charge < -0.3 is 4.74 Å². The van der Waals surface area contributed by atoms with Crippen LogP contribution in [0.5, 0.6) is 0 Å². The molecular weight excluding hydrogens is 264 g/mol. The molecule has 0 radical (unpaired) electrons. The molecule has 0 saturated carbocycles. The van der Waals surface area contributed by atoms with Crippen molar-refractivity contribution >= 4 is 25.7 Å². The Balaban J connectivity index is 2.81. The van der Waals surface area contributed by atoms with Crippen molar-refractivity contribution in [2.75, 3.05) is 0 Å². The fourth-order valence-electron chi connectivity index (χ4n) is 1.15. The Hall–Kier alpha value is -1.33. The zero-order valence-corrected chi connectivity index (χ0v) is 10.7. The topological polar surface area (TPSA) is 60.4 Å². The number of carbonyl (C=O) groups is 1. The van der Waals surface area contributed by atoms with E-state index in [0.717, 1.165) is 0 Å². The SMILES string of the molecule is C=C(C)OC(=O)c1ccc(CS(=O)(=O)Cl)cc1. The first-order valence-electron chi connectivity index (χ1n) is 4.67. The normalized spacial score (nSPS) is 10.9. The lowest BCUT2D eigenvalue weighted by Crippen LogP contribution is -2.03. The van der Waals surface area contributed by atoms with Crippen molar-refractivity contribution in [1.82, 2.24) is 0 Å². The van der Waals surface area contributed by atoms with Crippen LogP contribution >= 0.6 is 10.7 Å². The van der Waals surface area contributed by atoms with E-state index in [1.807, 2.05) is 0 Å². The summed E-state index contributed by atoms with van der Waals surface area (Å²) in [5, 5.41) is 0. The Morgan fingerprint density at radius 1 is 1.35 bits per heavy atom. The van der Waals surface area contributed by atoms with Crippen LogP contribution in [-0.4, -0.2) is 14.4 Å². The molecule has 0 aliphatic rings. The molecule has 0 N–H and O–H groups in total. The molecule has 0 fully saturated rings. The smallest absolute Gasteiger partial charge is 0.343 e. The first kappa shape index (κ1) is 13.7. The lowest BCUT2D eigenvalue weighted by molar-refractivity contribution is 0.0628. The van der Waals surface area contributed by atoms with E-state index in [1.54, 1.807) is 6.92 Å². The number of allylic oxidation sites excluding steroid dienone is 1. The molecule has 0 amide bonds. The zero-order valence-electron chi connectivity index (χ0n) is 9.14. The van der Waals surface area contributed by atoms with Gasteiger partial charge in [0.2, 0.25) is 9.05 Å². The predicted octanol–water partition coefficient (Wildman–Crippen LogP) is 2.45. The zero-order chi connectivity index (χ0) is 13.1. The van der Waals surface area contributed by atoms with Gasteiger partial charge in [0.25, 0.3) is 0 Å². The third-order valence-electron chi connectivity index (χ3n) is 1.80. The summed E-state index contributed by atoms with van der Waals surface area (Å²) in [6, 6.07) is 5.97. The summed E-state index contributed by atoms with van der Waals surface area (Å²) in [6.07, 6.45) is 0. The minimum atomic E-state index is -3.59. The van der Waals surface area contributed by atoms with E-state index in [9.17, 15) is 13.2 Å². The first-order chi connectivity index (χ1) is 7.78. The van der Waals surface area contributed by atoms with E-state index in [0.29, 0.717) is 16.9 Å². The summed E-state index contributed by atoms with van der Waals surface area (Å²) in [6.45, 7) is 5.01. The lowest BCUT2D eigenvalue weighted by atomic mass is 10.1. The van der Waals surface area contributed by atoms with Crippen molar-refractivity contribution in [1.29, 1.82) is 0 Å². The van der Waals surface area contributed by atoms with Crippen molar-refractivity contribution in [2.24, 2.45) is 0 Å². The van der Waals surface area contributed by atoms with Gasteiger partial charge in [0.15, 0.2) is 0 Å². The standard InChI is InChI=1S/C11H11ClO4S/c1-8(2)16-11(13)10-5-3-9(4-6-10)7-17(12,14)15/h3-6H,1,7H2,2H3. The van der Waals surface area contributed by atoms with Crippen molar-refractivity contribution in [2.45, 2.75) is 12.7 Å². The number of hydrogen-bond donors (Lipinski definition) is 0. The van der Waals surface area contributed by atoms with Gasteiger partial charge in [0.05, 0.1) is 17.1 Å². The van der Waals surface area contributed by atoms with Gasteiger partial charge in [-0.25, -0.2) is 13.2 Å². The van der Waals surface area contributed by atoms with Crippen LogP contribution in [0.3, 0.4) is 0 Å². The molecule has 0 aromatic heterocycles. The molecule has 0 unspecified atom stereocenters. The summed E-state index contributed by atoms with van der Waals surface area (Å²) in [4.78, 5) is 11.4.